The molecule has 0 aliphatic carbocycles. The lowest BCUT2D eigenvalue weighted by molar-refractivity contribution is 0.313. The number of nitrogen functional groups attached to an aromatic ring is 2. The average molecular weight is 390 g/mol. The van der Waals surface area contributed by atoms with Crippen LogP contribution in [0, 0.1) is 0 Å². The maximum Gasteiger partial charge on any atom is 0.167 e. The summed E-state index contributed by atoms with van der Waals surface area (Å²) in [6.45, 7) is 3.82. The maximum absolute atomic E-state index is 6.01. The van der Waals surface area contributed by atoms with Crippen molar-refractivity contribution in [1.29, 1.82) is 0 Å². The number of nitrogens with zero attached hydrogens (tertiary/aromatic N) is 4. The molecule has 29 heavy (non-hydrogen) atoms. The summed E-state index contributed by atoms with van der Waals surface area (Å²) in [7, 11) is 3.82. The maximum atomic E-state index is 6.01. The molecule has 0 amide bonds. The number of piperazine rings is 1. The smallest absolute Gasteiger partial charge is 0.167 e. The number of nitrogens with two attached hydrogens (primary N) is 2. The van der Waals surface area contributed by atoms with Crippen LogP contribution in [0.5, 0.6) is 5.75 Å². The Labute approximate surface area is 170 Å². The highest BCUT2D eigenvalue weighted by atomic mass is 16.5. The predicted octanol–water partition coefficient (Wildman–Crippen LogP) is 2.74. The molecular weight excluding hydrogens is 364 g/mol. The van der Waals surface area contributed by atoms with Gasteiger partial charge in [-0.05, 0) is 24.7 Å². The lowest BCUT2D eigenvalue weighted by atomic mass is 9.98. The van der Waals surface area contributed by atoms with E-state index in [1.165, 1.54) is 0 Å². The number of methoxy groups -OCH3 is 1. The van der Waals surface area contributed by atoms with Gasteiger partial charge in [-0.2, -0.15) is 0 Å². The molecule has 1 fully saturated rings. The lowest BCUT2D eigenvalue weighted by Crippen LogP contribution is -2.44. The highest BCUT2D eigenvalue weighted by Gasteiger charge is 2.25. The van der Waals surface area contributed by atoms with Gasteiger partial charge in [-0.1, -0.05) is 30.3 Å². The van der Waals surface area contributed by atoms with Crippen molar-refractivity contribution in [1.82, 2.24) is 14.9 Å². The molecule has 4 N–H and O–H groups in total. The number of aromatic nitrogens is 2. The molecule has 0 bridgehead atoms. The SMILES string of the molecule is COc1c(-c2ccccc2)ccc(N2CCN(C)CC2)c1-c1ncc(N)c(N)n1. The highest BCUT2D eigenvalue weighted by Crippen LogP contribution is 2.44. The van der Waals surface area contributed by atoms with E-state index in [0.29, 0.717) is 11.5 Å². The molecular formula is C22H26N6O. The third-order valence-electron chi connectivity index (χ3n) is 5.34. The fraction of sp³-hybridized carbons (Fsp3) is 0.273. The van der Waals surface area contributed by atoms with E-state index in [9.17, 15) is 0 Å². The standard InChI is InChI=1S/C22H26N6O/c1-27-10-12-28(13-11-27)18-9-8-16(15-6-4-3-5-7-15)20(29-2)19(18)22-25-14-17(23)21(24)26-22/h3-9,14H,10-13,23H2,1-2H3,(H2,24,25,26). The number of rotatable bonds is 4. The normalized spacial score (nSPS) is 14.8. The number of anilines is 3. The zero-order valence-electron chi connectivity index (χ0n) is 16.8. The summed E-state index contributed by atoms with van der Waals surface area (Å²) in [5.74, 6) is 1.52. The largest absolute Gasteiger partial charge is 0.495 e. The fourth-order valence-electron chi connectivity index (χ4n) is 3.68. The van der Waals surface area contributed by atoms with Gasteiger partial charge in [-0.3, -0.25) is 0 Å². The summed E-state index contributed by atoms with van der Waals surface area (Å²) < 4.78 is 5.92. The van der Waals surface area contributed by atoms with Crippen LogP contribution >= 0.6 is 0 Å². The van der Waals surface area contributed by atoms with Crippen molar-refractivity contribution in [2.45, 2.75) is 0 Å². The number of benzene rings is 2. The third-order valence-corrected chi connectivity index (χ3v) is 5.34. The Morgan fingerprint density at radius 2 is 1.69 bits per heavy atom. The van der Waals surface area contributed by atoms with Crippen LogP contribution in [0.2, 0.25) is 0 Å². The van der Waals surface area contributed by atoms with Crippen molar-refractivity contribution < 1.29 is 4.74 Å². The summed E-state index contributed by atoms with van der Waals surface area (Å²) in [6, 6.07) is 14.4. The summed E-state index contributed by atoms with van der Waals surface area (Å²) in [5, 5.41) is 0. The van der Waals surface area contributed by atoms with E-state index < -0.39 is 0 Å². The van der Waals surface area contributed by atoms with Gasteiger partial charge in [0.2, 0.25) is 0 Å². The third kappa shape index (κ3) is 3.69. The number of ether oxygens (including phenoxy) is 1. The molecule has 150 valence electrons. The van der Waals surface area contributed by atoms with Gasteiger partial charge in [0.05, 0.1) is 30.2 Å². The minimum Gasteiger partial charge on any atom is -0.495 e. The first kappa shape index (κ1) is 19.0. The molecule has 0 saturated carbocycles. The van der Waals surface area contributed by atoms with E-state index in [4.69, 9.17) is 16.2 Å². The topological polar surface area (TPSA) is 93.5 Å². The Kier molecular flexibility index (Phi) is 5.22. The van der Waals surface area contributed by atoms with Crippen LogP contribution in [-0.2, 0) is 0 Å². The zero-order chi connectivity index (χ0) is 20.4. The molecule has 7 nitrogen and oxygen atoms in total. The second-order valence-corrected chi connectivity index (χ2v) is 7.23. The molecule has 1 saturated heterocycles. The second-order valence-electron chi connectivity index (χ2n) is 7.23. The minimum atomic E-state index is 0.270. The van der Waals surface area contributed by atoms with E-state index in [-0.39, 0.29) is 5.82 Å². The van der Waals surface area contributed by atoms with Gasteiger partial charge in [0.15, 0.2) is 11.6 Å². The van der Waals surface area contributed by atoms with Gasteiger partial charge in [0, 0.05) is 31.7 Å². The van der Waals surface area contributed by atoms with E-state index in [1.807, 2.05) is 18.2 Å². The van der Waals surface area contributed by atoms with E-state index in [1.54, 1.807) is 13.3 Å². The summed E-state index contributed by atoms with van der Waals surface area (Å²) in [4.78, 5) is 13.6. The molecule has 1 aromatic heterocycles. The Hall–Kier alpha value is -3.32. The predicted molar refractivity (Wildman–Crippen MR) is 118 cm³/mol. The van der Waals surface area contributed by atoms with Crippen molar-refractivity contribution in [3.8, 4) is 28.3 Å². The minimum absolute atomic E-state index is 0.270. The van der Waals surface area contributed by atoms with Gasteiger partial charge in [0.1, 0.15) is 5.75 Å². The van der Waals surface area contributed by atoms with Gasteiger partial charge < -0.3 is 26.0 Å². The Bertz CT molecular complexity index is 1000. The summed E-state index contributed by atoms with van der Waals surface area (Å²) in [5.41, 5.74) is 16.2. The quantitative estimate of drug-likeness (QED) is 0.707. The van der Waals surface area contributed by atoms with Crippen LogP contribution in [-0.4, -0.2) is 55.2 Å². The molecule has 2 heterocycles. The number of likely N-dealkylation sites (N-methyl/N-ethyl adjacent to an activating group) is 1. The van der Waals surface area contributed by atoms with Crippen LogP contribution in [0.1, 0.15) is 0 Å². The van der Waals surface area contributed by atoms with Gasteiger partial charge >= 0.3 is 0 Å². The van der Waals surface area contributed by atoms with Crippen molar-refractivity contribution in [3.63, 3.8) is 0 Å². The first-order chi connectivity index (χ1) is 14.1. The fourth-order valence-corrected chi connectivity index (χ4v) is 3.68. The first-order valence-corrected chi connectivity index (χ1v) is 9.66. The van der Waals surface area contributed by atoms with Crippen molar-refractivity contribution in [2.24, 2.45) is 0 Å². The van der Waals surface area contributed by atoms with E-state index in [0.717, 1.165) is 54.3 Å². The molecule has 3 aromatic rings. The van der Waals surface area contributed by atoms with Gasteiger partial charge in [-0.15, -0.1) is 0 Å². The van der Waals surface area contributed by atoms with E-state index >= 15 is 0 Å². The highest BCUT2D eigenvalue weighted by molar-refractivity contribution is 5.89. The first-order valence-electron chi connectivity index (χ1n) is 9.66. The molecule has 0 radical (unpaired) electrons. The van der Waals surface area contributed by atoms with Crippen LogP contribution in [0.15, 0.2) is 48.7 Å². The van der Waals surface area contributed by atoms with E-state index in [2.05, 4.69) is 51.1 Å². The Morgan fingerprint density at radius 3 is 2.34 bits per heavy atom. The molecule has 4 rings (SSSR count). The summed E-state index contributed by atoms with van der Waals surface area (Å²) in [6.07, 6.45) is 1.56. The molecule has 0 unspecified atom stereocenters. The van der Waals surface area contributed by atoms with Crippen molar-refractivity contribution in [3.05, 3.63) is 48.7 Å². The van der Waals surface area contributed by atoms with Gasteiger partial charge in [-0.25, -0.2) is 9.97 Å². The molecule has 1 aliphatic heterocycles. The molecule has 0 atom stereocenters. The van der Waals surface area contributed by atoms with Gasteiger partial charge in [0.25, 0.3) is 0 Å². The molecule has 0 spiro atoms. The Morgan fingerprint density at radius 1 is 0.966 bits per heavy atom. The number of hydrogen-bond acceptors (Lipinski definition) is 7. The second kappa shape index (κ2) is 7.97. The lowest BCUT2D eigenvalue weighted by Gasteiger charge is -2.35. The van der Waals surface area contributed by atoms with Crippen molar-refractivity contribution >= 4 is 17.2 Å². The van der Waals surface area contributed by atoms with Crippen LogP contribution in [0.25, 0.3) is 22.5 Å². The zero-order valence-corrected chi connectivity index (χ0v) is 16.8. The molecule has 7 heteroatoms. The summed E-state index contributed by atoms with van der Waals surface area (Å²) >= 11 is 0. The van der Waals surface area contributed by atoms with Crippen LogP contribution in [0.4, 0.5) is 17.2 Å². The molecule has 2 aromatic carbocycles. The van der Waals surface area contributed by atoms with Crippen LogP contribution < -0.4 is 21.1 Å². The van der Waals surface area contributed by atoms with Crippen molar-refractivity contribution in [2.75, 3.05) is 56.7 Å². The molecule has 1 aliphatic rings. The number of hydrogen-bond donors (Lipinski definition) is 2. The average Bonchev–Trinajstić information content (AvgIpc) is 2.76. The Balaban J connectivity index is 1.92. The van der Waals surface area contributed by atoms with Crippen LogP contribution in [0.3, 0.4) is 0 Å². The monoisotopic (exact) mass is 390 g/mol.